The predicted octanol–water partition coefficient (Wildman–Crippen LogP) is 1.47. The van der Waals surface area contributed by atoms with Crippen LogP contribution in [0.3, 0.4) is 0 Å². The van der Waals surface area contributed by atoms with Crippen molar-refractivity contribution in [3.8, 4) is 0 Å². The van der Waals surface area contributed by atoms with Crippen LogP contribution in [0.25, 0.3) is 0 Å². The maximum absolute atomic E-state index is 11.9. The van der Waals surface area contributed by atoms with Gasteiger partial charge < -0.3 is 11.1 Å². The number of rotatable bonds is 4. The van der Waals surface area contributed by atoms with Gasteiger partial charge in [-0.25, -0.2) is 0 Å². The molecule has 0 bridgehead atoms. The third kappa shape index (κ3) is 3.15. The van der Waals surface area contributed by atoms with E-state index in [-0.39, 0.29) is 5.91 Å². The average molecular weight is 241 g/mol. The van der Waals surface area contributed by atoms with Gasteiger partial charge >= 0.3 is 0 Å². The molecule has 1 aromatic carbocycles. The number of nitrogens with one attached hydrogen (secondary N) is 1. The van der Waals surface area contributed by atoms with E-state index in [2.05, 4.69) is 10.3 Å². The highest BCUT2D eigenvalue weighted by Crippen LogP contribution is 2.04. The Balaban J connectivity index is 1.95. The molecule has 1 amide bonds. The van der Waals surface area contributed by atoms with E-state index in [0.717, 1.165) is 11.1 Å². The van der Waals surface area contributed by atoms with Crippen LogP contribution in [0.15, 0.2) is 48.8 Å². The van der Waals surface area contributed by atoms with E-state index >= 15 is 0 Å². The Labute approximate surface area is 106 Å². The van der Waals surface area contributed by atoms with Crippen LogP contribution in [0.4, 0.5) is 0 Å². The van der Waals surface area contributed by atoms with Crippen molar-refractivity contribution < 1.29 is 4.79 Å². The number of carbonyl (C=O) groups excluding carboxylic acids is 1. The molecule has 1 heterocycles. The van der Waals surface area contributed by atoms with Crippen molar-refractivity contribution in [1.82, 2.24) is 10.3 Å². The first-order chi connectivity index (χ1) is 8.79. The monoisotopic (exact) mass is 241 g/mol. The first kappa shape index (κ1) is 12.3. The van der Waals surface area contributed by atoms with Crippen LogP contribution in [-0.2, 0) is 13.1 Å². The molecule has 0 radical (unpaired) electrons. The van der Waals surface area contributed by atoms with Gasteiger partial charge in [-0.2, -0.15) is 0 Å². The maximum Gasteiger partial charge on any atom is 0.251 e. The van der Waals surface area contributed by atoms with Crippen LogP contribution in [0.2, 0.25) is 0 Å². The lowest BCUT2D eigenvalue weighted by Crippen LogP contribution is -2.22. The summed E-state index contributed by atoms with van der Waals surface area (Å²) in [6.45, 7) is 0.961. The van der Waals surface area contributed by atoms with Crippen LogP contribution in [0, 0.1) is 0 Å². The van der Waals surface area contributed by atoms with Gasteiger partial charge in [0, 0.05) is 31.0 Å². The number of aromatic nitrogens is 1. The number of hydrogen-bond acceptors (Lipinski definition) is 3. The molecule has 0 unspecified atom stereocenters. The van der Waals surface area contributed by atoms with Gasteiger partial charge in [-0.15, -0.1) is 0 Å². The number of nitrogens with two attached hydrogens (primary N) is 1. The van der Waals surface area contributed by atoms with Gasteiger partial charge in [0.05, 0.1) is 0 Å². The van der Waals surface area contributed by atoms with Crippen molar-refractivity contribution in [2.75, 3.05) is 0 Å². The molecule has 2 rings (SSSR count). The molecule has 0 saturated heterocycles. The zero-order valence-electron chi connectivity index (χ0n) is 9.97. The van der Waals surface area contributed by atoms with Gasteiger partial charge in [-0.1, -0.05) is 18.2 Å². The molecule has 1 aromatic heterocycles. The number of hydrogen-bond donors (Lipinski definition) is 2. The largest absolute Gasteiger partial charge is 0.348 e. The summed E-state index contributed by atoms with van der Waals surface area (Å²) in [5.74, 6) is -0.0950. The lowest BCUT2D eigenvalue weighted by atomic mass is 10.1. The third-order valence-electron chi connectivity index (χ3n) is 2.63. The minimum absolute atomic E-state index is 0.0950. The Morgan fingerprint density at radius 1 is 1.17 bits per heavy atom. The highest BCUT2D eigenvalue weighted by atomic mass is 16.1. The molecule has 0 fully saturated rings. The standard InChI is InChI=1S/C14H15N3O/c15-8-11-3-5-13(6-4-11)14(18)17-10-12-2-1-7-16-9-12/h1-7,9H,8,10,15H2,(H,17,18). The summed E-state index contributed by atoms with van der Waals surface area (Å²) in [7, 11) is 0. The fourth-order valence-electron chi connectivity index (χ4n) is 1.58. The molecule has 0 aliphatic rings. The fourth-order valence-corrected chi connectivity index (χ4v) is 1.58. The molecule has 0 spiro atoms. The highest BCUT2D eigenvalue weighted by Gasteiger charge is 2.04. The zero-order valence-corrected chi connectivity index (χ0v) is 9.97. The van der Waals surface area contributed by atoms with E-state index in [1.54, 1.807) is 24.5 Å². The van der Waals surface area contributed by atoms with Crippen LogP contribution in [0.5, 0.6) is 0 Å². The molecule has 18 heavy (non-hydrogen) atoms. The topological polar surface area (TPSA) is 68.0 Å². The highest BCUT2D eigenvalue weighted by molar-refractivity contribution is 5.94. The normalized spacial score (nSPS) is 10.1. The van der Waals surface area contributed by atoms with Gasteiger partial charge in [0.15, 0.2) is 0 Å². The van der Waals surface area contributed by atoms with Gasteiger partial charge in [-0.3, -0.25) is 9.78 Å². The Kier molecular flexibility index (Phi) is 4.04. The van der Waals surface area contributed by atoms with Crippen LogP contribution in [0.1, 0.15) is 21.5 Å². The van der Waals surface area contributed by atoms with Crippen molar-refractivity contribution in [3.05, 3.63) is 65.5 Å². The summed E-state index contributed by atoms with van der Waals surface area (Å²) in [6.07, 6.45) is 3.44. The lowest BCUT2D eigenvalue weighted by Gasteiger charge is -2.05. The number of nitrogens with zero attached hydrogens (tertiary/aromatic N) is 1. The molecule has 0 saturated carbocycles. The molecule has 3 N–H and O–H groups in total. The van der Waals surface area contributed by atoms with E-state index < -0.39 is 0 Å². The minimum Gasteiger partial charge on any atom is -0.348 e. The van der Waals surface area contributed by atoms with E-state index in [0.29, 0.717) is 18.7 Å². The van der Waals surface area contributed by atoms with Crippen LogP contribution < -0.4 is 11.1 Å². The van der Waals surface area contributed by atoms with Crippen molar-refractivity contribution >= 4 is 5.91 Å². The summed E-state index contributed by atoms with van der Waals surface area (Å²) in [6, 6.07) is 11.0. The van der Waals surface area contributed by atoms with Crippen molar-refractivity contribution in [2.24, 2.45) is 5.73 Å². The summed E-state index contributed by atoms with van der Waals surface area (Å²) in [4.78, 5) is 15.8. The Morgan fingerprint density at radius 3 is 2.56 bits per heavy atom. The molecular formula is C14H15N3O. The quantitative estimate of drug-likeness (QED) is 0.851. The first-order valence-electron chi connectivity index (χ1n) is 5.75. The summed E-state index contributed by atoms with van der Waals surface area (Å²) in [5, 5.41) is 2.84. The SMILES string of the molecule is NCc1ccc(C(=O)NCc2cccnc2)cc1. The second-order valence-corrected chi connectivity index (χ2v) is 3.94. The van der Waals surface area contributed by atoms with Crippen molar-refractivity contribution in [1.29, 1.82) is 0 Å². The number of amides is 1. The Bertz CT molecular complexity index is 508. The molecule has 2 aromatic rings. The fraction of sp³-hybridized carbons (Fsp3) is 0.143. The average Bonchev–Trinajstić information content (AvgIpc) is 2.46. The Hall–Kier alpha value is -2.20. The summed E-state index contributed by atoms with van der Waals surface area (Å²) < 4.78 is 0. The predicted molar refractivity (Wildman–Crippen MR) is 69.7 cm³/mol. The smallest absolute Gasteiger partial charge is 0.251 e. The van der Waals surface area contributed by atoms with Crippen molar-refractivity contribution in [3.63, 3.8) is 0 Å². The van der Waals surface area contributed by atoms with Crippen LogP contribution in [-0.4, -0.2) is 10.9 Å². The second kappa shape index (κ2) is 5.93. The van der Waals surface area contributed by atoms with E-state index in [1.165, 1.54) is 0 Å². The van der Waals surface area contributed by atoms with Gasteiger partial charge in [0.2, 0.25) is 0 Å². The summed E-state index contributed by atoms with van der Waals surface area (Å²) >= 11 is 0. The van der Waals surface area contributed by atoms with Gasteiger partial charge in [0.1, 0.15) is 0 Å². The lowest BCUT2D eigenvalue weighted by molar-refractivity contribution is 0.0951. The maximum atomic E-state index is 11.9. The van der Waals surface area contributed by atoms with Gasteiger partial charge in [0.25, 0.3) is 5.91 Å². The number of carbonyl (C=O) groups is 1. The molecule has 0 atom stereocenters. The molecule has 4 nitrogen and oxygen atoms in total. The summed E-state index contributed by atoms with van der Waals surface area (Å²) in [5.41, 5.74) is 8.13. The zero-order chi connectivity index (χ0) is 12.8. The van der Waals surface area contributed by atoms with Gasteiger partial charge in [-0.05, 0) is 29.3 Å². The van der Waals surface area contributed by atoms with E-state index in [9.17, 15) is 4.79 Å². The van der Waals surface area contributed by atoms with Crippen molar-refractivity contribution in [2.45, 2.75) is 13.1 Å². The molecule has 92 valence electrons. The van der Waals surface area contributed by atoms with E-state index in [4.69, 9.17) is 5.73 Å². The molecule has 0 aliphatic heterocycles. The second-order valence-electron chi connectivity index (χ2n) is 3.94. The molecular weight excluding hydrogens is 226 g/mol. The van der Waals surface area contributed by atoms with Crippen LogP contribution >= 0.6 is 0 Å². The third-order valence-corrected chi connectivity index (χ3v) is 2.63. The molecule has 4 heteroatoms. The minimum atomic E-state index is -0.0950. The molecule has 0 aliphatic carbocycles. The first-order valence-corrected chi connectivity index (χ1v) is 5.75. The van der Waals surface area contributed by atoms with E-state index in [1.807, 2.05) is 24.3 Å². The number of benzene rings is 1. The number of pyridine rings is 1. The Morgan fingerprint density at radius 2 is 1.94 bits per heavy atom.